The van der Waals surface area contributed by atoms with Crippen LogP contribution in [0.2, 0.25) is 10.2 Å². The van der Waals surface area contributed by atoms with Gasteiger partial charge in [-0.15, -0.1) is 0 Å². The molecule has 8 heteroatoms. The normalized spacial score (nSPS) is 11.4. The van der Waals surface area contributed by atoms with Crippen LogP contribution in [0.3, 0.4) is 0 Å². The van der Waals surface area contributed by atoms with E-state index in [9.17, 15) is 8.42 Å². The molecular weight excluding hydrogens is 335 g/mol. The zero-order valence-electron chi connectivity index (χ0n) is 11.0. The largest absolute Gasteiger partial charge is 0.497 e. The fourth-order valence-corrected chi connectivity index (χ4v) is 2.88. The van der Waals surface area contributed by atoms with Crippen LogP contribution in [0.25, 0.3) is 0 Å². The summed E-state index contributed by atoms with van der Waals surface area (Å²) in [6.45, 7) is 0.145. The second-order valence-electron chi connectivity index (χ2n) is 4.12. The summed E-state index contributed by atoms with van der Waals surface area (Å²) in [5.74, 6) is 0.704. The predicted octanol–water partition coefficient (Wildman–Crippen LogP) is 2.88. The molecule has 5 nitrogen and oxygen atoms in total. The van der Waals surface area contributed by atoms with Gasteiger partial charge in [0, 0.05) is 12.7 Å². The first kappa shape index (κ1) is 16.0. The SMILES string of the molecule is COc1ccc(CNS(=O)(=O)c2cnc(Cl)c(Cl)c2)cc1. The fourth-order valence-electron chi connectivity index (χ4n) is 1.56. The van der Waals surface area contributed by atoms with Gasteiger partial charge in [0.1, 0.15) is 15.8 Å². The van der Waals surface area contributed by atoms with Crippen molar-refractivity contribution >= 4 is 33.2 Å². The van der Waals surface area contributed by atoms with Crippen molar-refractivity contribution in [1.29, 1.82) is 0 Å². The maximum Gasteiger partial charge on any atom is 0.242 e. The van der Waals surface area contributed by atoms with E-state index in [2.05, 4.69) is 9.71 Å². The van der Waals surface area contributed by atoms with Crippen LogP contribution in [0.15, 0.2) is 41.4 Å². The Hall–Kier alpha value is -1.34. The van der Waals surface area contributed by atoms with E-state index < -0.39 is 10.0 Å². The average molecular weight is 347 g/mol. The van der Waals surface area contributed by atoms with Crippen molar-refractivity contribution in [2.75, 3.05) is 7.11 Å². The topological polar surface area (TPSA) is 68.3 Å². The molecule has 0 unspecified atom stereocenters. The summed E-state index contributed by atoms with van der Waals surface area (Å²) in [5.41, 5.74) is 0.799. The molecule has 0 aliphatic rings. The number of sulfonamides is 1. The third-order valence-electron chi connectivity index (χ3n) is 2.71. The van der Waals surface area contributed by atoms with Crippen molar-refractivity contribution in [3.8, 4) is 5.75 Å². The van der Waals surface area contributed by atoms with Crippen molar-refractivity contribution in [2.45, 2.75) is 11.4 Å². The Labute approximate surface area is 132 Å². The van der Waals surface area contributed by atoms with E-state index in [0.29, 0.717) is 5.75 Å². The number of rotatable bonds is 5. The molecule has 1 aromatic heterocycles. The van der Waals surface area contributed by atoms with Crippen LogP contribution in [0.5, 0.6) is 5.75 Å². The molecule has 1 aromatic carbocycles. The first-order valence-electron chi connectivity index (χ1n) is 5.86. The van der Waals surface area contributed by atoms with Crippen molar-refractivity contribution < 1.29 is 13.2 Å². The number of aromatic nitrogens is 1. The van der Waals surface area contributed by atoms with Gasteiger partial charge in [0.15, 0.2) is 0 Å². The van der Waals surface area contributed by atoms with Crippen molar-refractivity contribution in [3.63, 3.8) is 0 Å². The molecule has 1 heterocycles. The summed E-state index contributed by atoms with van der Waals surface area (Å²) in [5, 5.41) is 0.148. The number of hydrogen-bond donors (Lipinski definition) is 1. The number of hydrogen-bond acceptors (Lipinski definition) is 4. The number of halogens is 2. The number of benzene rings is 1. The minimum Gasteiger partial charge on any atom is -0.497 e. The zero-order chi connectivity index (χ0) is 15.5. The van der Waals surface area contributed by atoms with Gasteiger partial charge in [0.2, 0.25) is 10.0 Å². The molecule has 112 valence electrons. The van der Waals surface area contributed by atoms with Gasteiger partial charge in [-0.25, -0.2) is 18.1 Å². The van der Waals surface area contributed by atoms with E-state index in [-0.39, 0.29) is 21.6 Å². The quantitative estimate of drug-likeness (QED) is 0.845. The minimum atomic E-state index is -3.70. The van der Waals surface area contributed by atoms with Crippen LogP contribution in [0, 0.1) is 0 Å². The molecule has 0 amide bonds. The van der Waals surface area contributed by atoms with Gasteiger partial charge in [-0.3, -0.25) is 0 Å². The smallest absolute Gasteiger partial charge is 0.242 e. The van der Waals surface area contributed by atoms with Crippen LogP contribution in [0.4, 0.5) is 0 Å². The molecule has 0 bridgehead atoms. The predicted molar refractivity (Wildman–Crippen MR) is 81.3 cm³/mol. The highest BCUT2D eigenvalue weighted by Crippen LogP contribution is 2.22. The average Bonchev–Trinajstić information content (AvgIpc) is 2.48. The summed E-state index contributed by atoms with van der Waals surface area (Å²) in [4.78, 5) is 3.68. The molecule has 0 saturated carbocycles. The van der Waals surface area contributed by atoms with Gasteiger partial charge >= 0.3 is 0 Å². The highest BCUT2D eigenvalue weighted by atomic mass is 35.5. The van der Waals surface area contributed by atoms with Crippen molar-refractivity contribution in [3.05, 3.63) is 52.3 Å². The second-order valence-corrected chi connectivity index (χ2v) is 6.65. The van der Waals surface area contributed by atoms with E-state index in [4.69, 9.17) is 27.9 Å². The Bertz CT molecular complexity index is 734. The van der Waals surface area contributed by atoms with Crippen LogP contribution < -0.4 is 9.46 Å². The van der Waals surface area contributed by atoms with Gasteiger partial charge in [-0.05, 0) is 23.8 Å². The second kappa shape index (κ2) is 6.62. The van der Waals surface area contributed by atoms with Gasteiger partial charge < -0.3 is 4.74 Å². The van der Waals surface area contributed by atoms with Crippen molar-refractivity contribution in [2.24, 2.45) is 0 Å². The molecule has 0 spiro atoms. The zero-order valence-corrected chi connectivity index (χ0v) is 13.3. The Balaban J connectivity index is 2.11. The van der Waals surface area contributed by atoms with Gasteiger partial charge in [-0.2, -0.15) is 0 Å². The fraction of sp³-hybridized carbons (Fsp3) is 0.154. The lowest BCUT2D eigenvalue weighted by atomic mass is 10.2. The summed E-state index contributed by atoms with van der Waals surface area (Å²) >= 11 is 11.4. The van der Waals surface area contributed by atoms with Crippen LogP contribution in [-0.2, 0) is 16.6 Å². The van der Waals surface area contributed by atoms with E-state index in [0.717, 1.165) is 11.8 Å². The molecular formula is C13H12Cl2N2O3S. The maximum atomic E-state index is 12.1. The number of ether oxygens (including phenoxy) is 1. The first-order valence-corrected chi connectivity index (χ1v) is 8.10. The minimum absolute atomic E-state index is 0.0367. The Kier molecular flexibility index (Phi) is 5.05. The number of nitrogens with zero attached hydrogens (tertiary/aromatic N) is 1. The molecule has 2 aromatic rings. The maximum absolute atomic E-state index is 12.1. The lowest BCUT2D eigenvalue weighted by Crippen LogP contribution is -2.23. The lowest BCUT2D eigenvalue weighted by molar-refractivity contribution is 0.414. The Morgan fingerprint density at radius 1 is 1.24 bits per heavy atom. The third-order valence-corrected chi connectivity index (χ3v) is 4.76. The van der Waals surface area contributed by atoms with Crippen LogP contribution >= 0.6 is 23.2 Å². The van der Waals surface area contributed by atoms with Gasteiger partial charge in [0.25, 0.3) is 0 Å². The number of nitrogens with one attached hydrogen (secondary N) is 1. The standard InChI is InChI=1S/C13H12Cl2N2O3S/c1-20-10-4-2-9(3-5-10)7-17-21(18,19)11-6-12(14)13(15)16-8-11/h2-6,8,17H,7H2,1H3. The van der Waals surface area contributed by atoms with Gasteiger partial charge in [0.05, 0.1) is 12.1 Å². The first-order chi connectivity index (χ1) is 9.92. The highest BCUT2D eigenvalue weighted by molar-refractivity contribution is 7.89. The van der Waals surface area contributed by atoms with Crippen molar-refractivity contribution in [1.82, 2.24) is 9.71 Å². The Morgan fingerprint density at radius 2 is 1.90 bits per heavy atom. The lowest BCUT2D eigenvalue weighted by Gasteiger charge is -2.08. The monoisotopic (exact) mass is 346 g/mol. The van der Waals surface area contributed by atoms with Crippen LogP contribution in [-0.4, -0.2) is 20.5 Å². The van der Waals surface area contributed by atoms with E-state index >= 15 is 0 Å². The summed E-state index contributed by atoms with van der Waals surface area (Å²) < 4.78 is 31.7. The molecule has 0 radical (unpaired) electrons. The molecule has 21 heavy (non-hydrogen) atoms. The Morgan fingerprint density at radius 3 is 2.48 bits per heavy atom. The molecule has 0 fully saturated rings. The van der Waals surface area contributed by atoms with Crippen LogP contribution in [0.1, 0.15) is 5.56 Å². The summed E-state index contributed by atoms with van der Waals surface area (Å²) in [6, 6.07) is 8.31. The molecule has 0 saturated heterocycles. The van der Waals surface area contributed by atoms with E-state index in [1.165, 1.54) is 6.07 Å². The number of methoxy groups -OCH3 is 1. The highest BCUT2D eigenvalue weighted by Gasteiger charge is 2.16. The molecule has 0 aliphatic heterocycles. The molecule has 0 atom stereocenters. The number of pyridine rings is 1. The summed E-state index contributed by atoms with van der Waals surface area (Å²) in [7, 11) is -2.14. The molecule has 2 rings (SSSR count). The van der Waals surface area contributed by atoms with Gasteiger partial charge in [-0.1, -0.05) is 35.3 Å². The molecule has 1 N–H and O–H groups in total. The van der Waals surface area contributed by atoms with E-state index in [1.54, 1.807) is 31.4 Å². The molecule has 0 aliphatic carbocycles. The van der Waals surface area contributed by atoms with E-state index in [1.807, 2.05) is 0 Å². The third kappa shape index (κ3) is 4.07. The summed E-state index contributed by atoms with van der Waals surface area (Å²) in [6.07, 6.45) is 1.16.